The Bertz CT molecular complexity index is 1300. The van der Waals surface area contributed by atoms with Gasteiger partial charge < -0.3 is 30.7 Å². The van der Waals surface area contributed by atoms with Crippen LogP contribution in [0.25, 0.3) is 0 Å². The fourth-order valence-corrected chi connectivity index (χ4v) is 4.45. The van der Waals surface area contributed by atoms with Crippen LogP contribution in [0.15, 0.2) is 36.4 Å². The molecule has 0 aromatic heterocycles. The zero-order valence-corrected chi connectivity index (χ0v) is 29.5. The summed E-state index contributed by atoms with van der Waals surface area (Å²) in [7, 11) is 2.61. The van der Waals surface area contributed by atoms with E-state index in [1.165, 1.54) is 14.2 Å². The summed E-state index contributed by atoms with van der Waals surface area (Å²) in [5.74, 6) is -1.52. The maximum atomic E-state index is 12.3. The Morgan fingerprint density at radius 2 is 1.13 bits per heavy atom. The van der Waals surface area contributed by atoms with Gasteiger partial charge in [-0.2, -0.15) is 0 Å². The lowest BCUT2D eigenvalue weighted by atomic mass is 9.99. The number of hydrogen-bond acceptors (Lipinski definition) is 8. The summed E-state index contributed by atoms with van der Waals surface area (Å²) in [6.07, 6.45) is 2.03. The predicted octanol–water partition coefficient (Wildman–Crippen LogP) is 6.75. The van der Waals surface area contributed by atoms with Gasteiger partial charge in [-0.3, -0.25) is 9.59 Å². The molecule has 0 saturated carbocycles. The SMILES string of the molecule is CCCC(NC(=O)[C@H](C)Nc1ccc(Cl)c(Cl)c1)C(=O)OC.CC[C@H](C)[C@H](NC(=O)[C@H](C)Nc1ccc(Cl)c(Cl)c1)C(=O)OC. The van der Waals surface area contributed by atoms with Crippen LogP contribution >= 0.6 is 46.4 Å². The van der Waals surface area contributed by atoms with E-state index in [-0.39, 0.29) is 17.7 Å². The summed E-state index contributed by atoms with van der Waals surface area (Å²) in [6.45, 7) is 9.16. The van der Waals surface area contributed by atoms with E-state index in [1.54, 1.807) is 50.2 Å². The average molecular weight is 709 g/mol. The number of carbonyl (C=O) groups is 4. The van der Waals surface area contributed by atoms with E-state index < -0.39 is 36.1 Å². The third-order valence-electron chi connectivity index (χ3n) is 6.74. The van der Waals surface area contributed by atoms with Gasteiger partial charge >= 0.3 is 11.9 Å². The van der Waals surface area contributed by atoms with Crippen molar-refractivity contribution in [3.05, 3.63) is 56.5 Å². The minimum absolute atomic E-state index is 0.0245. The maximum absolute atomic E-state index is 12.3. The smallest absolute Gasteiger partial charge is 0.328 e. The minimum Gasteiger partial charge on any atom is -0.467 e. The summed E-state index contributed by atoms with van der Waals surface area (Å²) in [5, 5.41) is 13.1. The Balaban J connectivity index is 0.000000450. The van der Waals surface area contributed by atoms with Crippen LogP contribution in [0.2, 0.25) is 20.1 Å². The van der Waals surface area contributed by atoms with Crippen LogP contribution in [0.3, 0.4) is 0 Å². The highest BCUT2D eigenvalue weighted by atomic mass is 35.5. The molecule has 2 aromatic carbocycles. The van der Waals surface area contributed by atoms with Gasteiger partial charge in [0.15, 0.2) is 0 Å². The number of anilines is 2. The van der Waals surface area contributed by atoms with Crippen LogP contribution in [-0.4, -0.2) is 62.1 Å². The Morgan fingerprint density at radius 3 is 1.51 bits per heavy atom. The molecule has 4 N–H and O–H groups in total. The van der Waals surface area contributed by atoms with Crippen molar-refractivity contribution in [2.24, 2.45) is 5.92 Å². The van der Waals surface area contributed by atoms with Crippen molar-refractivity contribution in [3.63, 3.8) is 0 Å². The van der Waals surface area contributed by atoms with Crippen molar-refractivity contribution < 1.29 is 28.7 Å². The number of amides is 2. The van der Waals surface area contributed by atoms with E-state index in [1.807, 2.05) is 20.8 Å². The zero-order valence-electron chi connectivity index (χ0n) is 26.4. The lowest BCUT2D eigenvalue weighted by molar-refractivity contribution is -0.146. The quantitative estimate of drug-likeness (QED) is 0.159. The van der Waals surface area contributed by atoms with Gasteiger partial charge in [0, 0.05) is 11.4 Å². The topological polar surface area (TPSA) is 135 Å². The first kappa shape index (κ1) is 40.1. The molecule has 0 bridgehead atoms. The first-order chi connectivity index (χ1) is 21.2. The molecule has 250 valence electrons. The average Bonchev–Trinajstić information content (AvgIpc) is 3.02. The molecule has 14 heteroatoms. The molecule has 2 amide bonds. The number of ether oxygens (including phenoxy) is 2. The van der Waals surface area contributed by atoms with Crippen LogP contribution in [0.4, 0.5) is 11.4 Å². The van der Waals surface area contributed by atoms with E-state index in [9.17, 15) is 19.2 Å². The second kappa shape index (κ2) is 20.3. The van der Waals surface area contributed by atoms with Gasteiger partial charge in [-0.05, 0) is 62.6 Å². The number of rotatable bonds is 14. The molecule has 0 aliphatic rings. The second-order valence-corrected chi connectivity index (χ2v) is 11.9. The highest BCUT2D eigenvalue weighted by Crippen LogP contribution is 2.26. The van der Waals surface area contributed by atoms with Crippen molar-refractivity contribution >= 4 is 81.5 Å². The molecule has 2 rings (SSSR count). The fraction of sp³-hybridized carbons (Fsp3) is 0.484. The summed E-state index contributed by atoms with van der Waals surface area (Å²) in [4.78, 5) is 47.9. The Morgan fingerprint density at radius 1 is 0.689 bits per heavy atom. The van der Waals surface area contributed by atoms with Crippen LogP contribution in [-0.2, 0) is 28.7 Å². The van der Waals surface area contributed by atoms with E-state index in [2.05, 4.69) is 26.0 Å². The maximum Gasteiger partial charge on any atom is 0.328 e. The minimum atomic E-state index is -0.671. The van der Waals surface area contributed by atoms with E-state index in [0.29, 0.717) is 37.9 Å². The van der Waals surface area contributed by atoms with E-state index >= 15 is 0 Å². The van der Waals surface area contributed by atoms with Gasteiger partial charge in [0.25, 0.3) is 0 Å². The van der Waals surface area contributed by atoms with Gasteiger partial charge in [-0.25, -0.2) is 9.59 Å². The van der Waals surface area contributed by atoms with Crippen molar-refractivity contribution in [2.75, 3.05) is 24.9 Å². The highest BCUT2D eigenvalue weighted by molar-refractivity contribution is 6.42. The first-order valence-corrected chi connectivity index (χ1v) is 15.9. The summed E-state index contributed by atoms with van der Waals surface area (Å²) in [5.41, 5.74) is 1.34. The van der Waals surface area contributed by atoms with Crippen molar-refractivity contribution in [2.45, 2.75) is 78.0 Å². The Labute approximate surface area is 285 Å². The van der Waals surface area contributed by atoms with Crippen LogP contribution in [0.1, 0.15) is 53.9 Å². The van der Waals surface area contributed by atoms with E-state index in [0.717, 1.165) is 12.8 Å². The third-order valence-corrected chi connectivity index (χ3v) is 8.22. The first-order valence-electron chi connectivity index (χ1n) is 14.4. The lowest BCUT2D eigenvalue weighted by Gasteiger charge is -2.24. The normalized spacial score (nSPS) is 13.8. The number of halogens is 4. The number of nitrogens with one attached hydrogen (secondary N) is 4. The van der Waals surface area contributed by atoms with Gasteiger partial charge in [0.05, 0.1) is 34.3 Å². The molecule has 5 atom stereocenters. The van der Waals surface area contributed by atoms with Gasteiger partial charge in [-0.15, -0.1) is 0 Å². The second-order valence-electron chi connectivity index (χ2n) is 10.3. The summed E-state index contributed by atoms with van der Waals surface area (Å²) < 4.78 is 9.44. The number of esters is 2. The van der Waals surface area contributed by atoms with Crippen molar-refractivity contribution in [1.82, 2.24) is 10.6 Å². The van der Waals surface area contributed by atoms with Gasteiger partial charge in [0.1, 0.15) is 24.2 Å². The van der Waals surface area contributed by atoms with E-state index in [4.69, 9.17) is 51.1 Å². The molecule has 0 aliphatic heterocycles. The number of benzene rings is 2. The zero-order chi connectivity index (χ0) is 34.3. The monoisotopic (exact) mass is 706 g/mol. The molecular formula is C31H42Cl4N4O6. The molecule has 45 heavy (non-hydrogen) atoms. The molecule has 0 radical (unpaired) electrons. The molecule has 0 heterocycles. The largest absolute Gasteiger partial charge is 0.467 e. The molecule has 0 aliphatic carbocycles. The summed E-state index contributed by atoms with van der Waals surface area (Å²) in [6, 6.07) is 7.61. The third kappa shape index (κ3) is 13.5. The Hall–Kier alpha value is -2.92. The molecule has 10 nitrogen and oxygen atoms in total. The molecule has 2 aromatic rings. The lowest BCUT2D eigenvalue weighted by Crippen LogP contribution is -2.50. The van der Waals surface area contributed by atoms with Crippen molar-refractivity contribution in [1.29, 1.82) is 0 Å². The predicted molar refractivity (Wildman–Crippen MR) is 181 cm³/mol. The van der Waals surface area contributed by atoms with Crippen LogP contribution in [0, 0.1) is 5.92 Å². The number of methoxy groups -OCH3 is 2. The number of hydrogen-bond donors (Lipinski definition) is 4. The van der Waals surface area contributed by atoms with Crippen LogP contribution < -0.4 is 21.3 Å². The molecule has 1 unspecified atom stereocenters. The summed E-state index contributed by atoms with van der Waals surface area (Å²) >= 11 is 23.6. The Kier molecular flexibility index (Phi) is 18.1. The molecule has 0 fully saturated rings. The standard InChI is InChI=1S/C16H22Cl2N2O3.C15H20Cl2N2O3/c1-5-9(2)14(16(22)23-4)20-15(21)10(3)19-11-6-7-12(17)13(18)8-11;1-4-5-13(15(21)22-3)19-14(20)9(2)18-10-6-7-11(16)12(17)8-10/h6-10,14,19H,5H2,1-4H3,(H,20,21);6-9,13,18H,4-5H2,1-3H3,(H,19,20)/t9-,10-,14-;9-,13?/m00/s1. The fourth-order valence-electron chi connectivity index (χ4n) is 3.85. The van der Waals surface area contributed by atoms with Crippen LogP contribution in [0.5, 0.6) is 0 Å². The molecular weight excluding hydrogens is 666 g/mol. The number of carbonyl (C=O) groups excluding carboxylic acids is 4. The highest BCUT2D eigenvalue weighted by Gasteiger charge is 2.28. The molecule has 0 spiro atoms. The van der Waals surface area contributed by atoms with Crippen molar-refractivity contribution in [3.8, 4) is 0 Å². The molecule has 0 saturated heterocycles. The van der Waals surface area contributed by atoms with Gasteiger partial charge in [0.2, 0.25) is 11.8 Å². The van der Waals surface area contributed by atoms with Gasteiger partial charge in [-0.1, -0.05) is 80.0 Å².